The number of carbonyl (C=O) groups is 1. The Morgan fingerprint density at radius 2 is 1.92 bits per heavy atom. The highest BCUT2D eigenvalue weighted by Gasteiger charge is 2.22. The van der Waals surface area contributed by atoms with Crippen molar-refractivity contribution in [1.82, 2.24) is 19.7 Å². The molecule has 0 aliphatic rings. The van der Waals surface area contributed by atoms with E-state index in [1.807, 2.05) is 69.6 Å². The van der Waals surface area contributed by atoms with E-state index >= 15 is 0 Å². The van der Waals surface area contributed by atoms with Gasteiger partial charge in [0.05, 0.1) is 5.69 Å². The SMILES string of the molecule is Cc1ccnc(C[C@@H](C)N(C)C(=O)c2cc(-c3ccccc3)nn2C)c1. The highest BCUT2D eigenvalue weighted by Crippen LogP contribution is 2.20. The van der Waals surface area contributed by atoms with Gasteiger partial charge in [-0.2, -0.15) is 5.10 Å². The average molecular weight is 348 g/mol. The molecule has 3 rings (SSSR count). The van der Waals surface area contributed by atoms with E-state index in [1.165, 1.54) is 5.56 Å². The zero-order chi connectivity index (χ0) is 18.7. The fourth-order valence-electron chi connectivity index (χ4n) is 2.95. The monoisotopic (exact) mass is 348 g/mol. The van der Waals surface area contributed by atoms with Crippen LogP contribution in [0, 0.1) is 6.92 Å². The number of likely N-dealkylation sites (N-methyl/N-ethyl adjacent to an activating group) is 1. The molecule has 5 nitrogen and oxygen atoms in total. The van der Waals surface area contributed by atoms with Crippen molar-refractivity contribution >= 4 is 5.91 Å². The summed E-state index contributed by atoms with van der Waals surface area (Å²) in [5, 5.41) is 4.50. The maximum atomic E-state index is 13.0. The van der Waals surface area contributed by atoms with Gasteiger partial charge in [0.1, 0.15) is 5.69 Å². The first kappa shape index (κ1) is 17.9. The Bertz CT molecular complexity index is 901. The molecule has 5 heteroatoms. The standard InChI is InChI=1S/C21H24N4O/c1-15-10-11-22-18(12-15)13-16(2)24(3)21(26)20-14-19(23-25(20)4)17-8-6-5-7-9-17/h5-12,14,16H,13H2,1-4H3/t16-/m1/s1. The molecule has 2 heterocycles. The predicted molar refractivity (Wildman–Crippen MR) is 103 cm³/mol. The molecule has 26 heavy (non-hydrogen) atoms. The van der Waals surface area contributed by atoms with Crippen LogP contribution in [0.15, 0.2) is 54.7 Å². The number of hydrogen-bond acceptors (Lipinski definition) is 3. The third-order valence-corrected chi connectivity index (χ3v) is 4.63. The van der Waals surface area contributed by atoms with Crippen LogP contribution in [0.1, 0.15) is 28.7 Å². The second kappa shape index (κ2) is 7.52. The number of aryl methyl sites for hydroxylation is 2. The zero-order valence-electron chi connectivity index (χ0n) is 15.7. The summed E-state index contributed by atoms with van der Waals surface area (Å²) < 4.78 is 1.65. The number of amides is 1. The number of carbonyl (C=O) groups excluding carboxylic acids is 1. The maximum absolute atomic E-state index is 13.0. The van der Waals surface area contributed by atoms with Gasteiger partial charge in [0.25, 0.3) is 5.91 Å². The molecule has 0 radical (unpaired) electrons. The Morgan fingerprint density at radius 1 is 1.19 bits per heavy atom. The lowest BCUT2D eigenvalue weighted by molar-refractivity contribution is 0.0732. The van der Waals surface area contributed by atoms with Gasteiger partial charge in [-0.1, -0.05) is 30.3 Å². The van der Waals surface area contributed by atoms with E-state index in [2.05, 4.69) is 16.1 Å². The Kier molecular flexibility index (Phi) is 5.16. The molecule has 0 N–H and O–H groups in total. The third kappa shape index (κ3) is 3.82. The van der Waals surface area contributed by atoms with Crippen molar-refractivity contribution in [2.75, 3.05) is 7.05 Å². The molecule has 0 aliphatic heterocycles. The molecule has 1 amide bonds. The van der Waals surface area contributed by atoms with Gasteiger partial charge < -0.3 is 4.90 Å². The zero-order valence-corrected chi connectivity index (χ0v) is 15.7. The van der Waals surface area contributed by atoms with Crippen molar-refractivity contribution in [2.24, 2.45) is 7.05 Å². The minimum Gasteiger partial charge on any atom is -0.337 e. The van der Waals surface area contributed by atoms with Crippen LogP contribution in [-0.2, 0) is 13.5 Å². The molecule has 0 aliphatic carbocycles. The van der Waals surface area contributed by atoms with E-state index in [4.69, 9.17) is 0 Å². The summed E-state index contributed by atoms with van der Waals surface area (Å²) in [5.41, 5.74) is 4.55. The maximum Gasteiger partial charge on any atom is 0.272 e. The van der Waals surface area contributed by atoms with Crippen LogP contribution >= 0.6 is 0 Å². The fraction of sp³-hybridized carbons (Fsp3) is 0.286. The number of rotatable bonds is 5. The van der Waals surface area contributed by atoms with Gasteiger partial charge in [0, 0.05) is 44.0 Å². The Balaban J connectivity index is 1.77. The van der Waals surface area contributed by atoms with Crippen LogP contribution in [0.5, 0.6) is 0 Å². The van der Waals surface area contributed by atoms with E-state index in [0.29, 0.717) is 12.1 Å². The van der Waals surface area contributed by atoms with Gasteiger partial charge in [0.2, 0.25) is 0 Å². The lowest BCUT2D eigenvalue weighted by Gasteiger charge is -2.24. The lowest BCUT2D eigenvalue weighted by atomic mass is 10.1. The summed E-state index contributed by atoms with van der Waals surface area (Å²) in [6, 6.07) is 15.8. The Morgan fingerprint density at radius 3 is 2.62 bits per heavy atom. The lowest BCUT2D eigenvalue weighted by Crippen LogP contribution is -2.37. The van der Waals surface area contributed by atoms with E-state index < -0.39 is 0 Å². The van der Waals surface area contributed by atoms with Crippen LogP contribution in [0.3, 0.4) is 0 Å². The normalized spacial score (nSPS) is 12.0. The van der Waals surface area contributed by atoms with Gasteiger partial charge in [0.15, 0.2) is 0 Å². The van der Waals surface area contributed by atoms with E-state index in [-0.39, 0.29) is 11.9 Å². The quantitative estimate of drug-likeness (QED) is 0.709. The molecule has 0 fully saturated rings. The summed E-state index contributed by atoms with van der Waals surface area (Å²) in [6.07, 6.45) is 2.53. The van der Waals surface area contributed by atoms with Crippen LogP contribution < -0.4 is 0 Å². The number of pyridine rings is 1. The van der Waals surface area contributed by atoms with Crippen LogP contribution in [0.2, 0.25) is 0 Å². The molecule has 0 saturated heterocycles. The molecule has 1 aromatic carbocycles. The van der Waals surface area contributed by atoms with E-state index in [9.17, 15) is 4.79 Å². The molecule has 0 unspecified atom stereocenters. The van der Waals surface area contributed by atoms with Crippen molar-refractivity contribution in [2.45, 2.75) is 26.3 Å². The molecular weight excluding hydrogens is 324 g/mol. The predicted octanol–water partition coefficient (Wildman–Crippen LogP) is 3.49. The summed E-state index contributed by atoms with van der Waals surface area (Å²) in [7, 11) is 3.64. The highest BCUT2D eigenvalue weighted by molar-refractivity contribution is 5.93. The number of benzene rings is 1. The second-order valence-corrected chi connectivity index (χ2v) is 6.70. The van der Waals surface area contributed by atoms with Crippen molar-refractivity contribution in [3.8, 4) is 11.3 Å². The molecule has 134 valence electrons. The first-order chi connectivity index (χ1) is 12.5. The molecule has 0 spiro atoms. The van der Waals surface area contributed by atoms with Gasteiger partial charge in [-0.05, 0) is 37.6 Å². The first-order valence-corrected chi connectivity index (χ1v) is 8.74. The number of aromatic nitrogens is 3. The molecular formula is C21H24N4O. The third-order valence-electron chi connectivity index (χ3n) is 4.63. The van der Waals surface area contributed by atoms with Crippen molar-refractivity contribution in [3.05, 3.63) is 71.7 Å². The smallest absolute Gasteiger partial charge is 0.272 e. The summed E-state index contributed by atoms with van der Waals surface area (Å²) in [4.78, 5) is 19.1. The van der Waals surface area contributed by atoms with E-state index in [0.717, 1.165) is 17.0 Å². The van der Waals surface area contributed by atoms with Gasteiger partial charge in [-0.15, -0.1) is 0 Å². The summed E-state index contributed by atoms with van der Waals surface area (Å²) >= 11 is 0. The molecule has 0 bridgehead atoms. The molecule has 0 saturated carbocycles. The minimum absolute atomic E-state index is 0.0341. The largest absolute Gasteiger partial charge is 0.337 e. The summed E-state index contributed by atoms with van der Waals surface area (Å²) in [5.74, 6) is -0.0395. The highest BCUT2D eigenvalue weighted by atomic mass is 16.2. The van der Waals surface area contributed by atoms with Crippen molar-refractivity contribution in [3.63, 3.8) is 0 Å². The summed E-state index contributed by atoms with van der Waals surface area (Å²) in [6.45, 7) is 4.09. The average Bonchev–Trinajstić information content (AvgIpc) is 3.03. The first-order valence-electron chi connectivity index (χ1n) is 8.74. The number of nitrogens with zero attached hydrogens (tertiary/aromatic N) is 4. The Hall–Kier alpha value is -2.95. The van der Waals surface area contributed by atoms with Crippen molar-refractivity contribution in [1.29, 1.82) is 0 Å². The van der Waals surface area contributed by atoms with E-state index in [1.54, 1.807) is 16.6 Å². The van der Waals surface area contributed by atoms with Crippen molar-refractivity contribution < 1.29 is 4.79 Å². The second-order valence-electron chi connectivity index (χ2n) is 6.70. The Labute approximate surface area is 154 Å². The van der Waals surface area contributed by atoms with Crippen LogP contribution in [-0.4, -0.2) is 38.7 Å². The topological polar surface area (TPSA) is 51.0 Å². The van der Waals surface area contributed by atoms with Gasteiger partial charge in [-0.3, -0.25) is 14.5 Å². The van der Waals surface area contributed by atoms with Gasteiger partial charge >= 0.3 is 0 Å². The minimum atomic E-state index is -0.0395. The van der Waals surface area contributed by atoms with Crippen LogP contribution in [0.25, 0.3) is 11.3 Å². The van der Waals surface area contributed by atoms with Crippen LogP contribution in [0.4, 0.5) is 0 Å². The molecule has 1 atom stereocenters. The fourth-order valence-corrected chi connectivity index (χ4v) is 2.95. The molecule has 2 aromatic heterocycles. The molecule has 3 aromatic rings. The van der Waals surface area contributed by atoms with Gasteiger partial charge in [-0.25, -0.2) is 0 Å². The number of hydrogen-bond donors (Lipinski definition) is 0.